The molecule has 1 atom stereocenters. The monoisotopic (exact) mass is 532 g/mol. The molecule has 0 fully saturated rings. The molecule has 1 aromatic heterocycles. The van der Waals surface area contributed by atoms with E-state index in [1.54, 1.807) is 0 Å². The van der Waals surface area contributed by atoms with Crippen LogP contribution in [0.2, 0.25) is 25.7 Å². The first-order valence-electron chi connectivity index (χ1n) is 10.6. The van der Waals surface area contributed by atoms with Crippen molar-refractivity contribution in [2.75, 3.05) is 11.9 Å². The zero-order valence-corrected chi connectivity index (χ0v) is 23.3. The third kappa shape index (κ3) is 9.07. The number of carbonyl (C=O) groups is 1. The van der Waals surface area contributed by atoms with Crippen LogP contribution < -0.4 is 11.1 Å². The second-order valence-corrected chi connectivity index (χ2v) is 16.0. The molecule has 184 valence electrons. The van der Waals surface area contributed by atoms with Gasteiger partial charge in [-0.1, -0.05) is 38.4 Å². The van der Waals surface area contributed by atoms with E-state index in [1.165, 1.54) is 0 Å². The molecular formula is C23H35Cl3N4O2Si. The number of aryl methyl sites for hydroxylation is 1. The van der Waals surface area contributed by atoms with Crippen molar-refractivity contribution in [1.29, 1.82) is 0 Å². The number of nitrogens with one attached hydrogen (secondary N) is 1. The van der Waals surface area contributed by atoms with E-state index in [1.807, 2.05) is 42.8 Å². The van der Waals surface area contributed by atoms with Crippen LogP contribution in [0.3, 0.4) is 0 Å². The molecule has 0 unspecified atom stereocenters. The van der Waals surface area contributed by atoms with E-state index in [4.69, 9.17) is 33.7 Å². The van der Waals surface area contributed by atoms with Crippen LogP contribution in [0.25, 0.3) is 11.1 Å². The number of ether oxygens (including phenoxy) is 1. The number of nitrogens with two attached hydrogens (primary N) is 1. The molecule has 6 nitrogen and oxygen atoms in total. The van der Waals surface area contributed by atoms with Crippen molar-refractivity contribution >= 4 is 55.3 Å². The minimum atomic E-state index is -1.11. The summed E-state index contributed by atoms with van der Waals surface area (Å²) in [6.45, 7) is 16.0. The van der Waals surface area contributed by atoms with Crippen LogP contribution in [0.5, 0.6) is 0 Å². The number of anilines is 1. The van der Waals surface area contributed by atoms with Gasteiger partial charge in [-0.25, -0.2) is 4.68 Å². The molecule has 10 heteroatoms. The molecular weight excluding hydrogens is 499 g/mol. The van der Waals surface area contributed by atoms with Crippen LogP contribution >= 0.6 is 35.6 Å². The first-order chi connectivity index (χ1) is 14.9. The molecule has 1 aromatic carbocycles. The number of nitrogens with zero attached hydrogens (tertiary/aromatic N) is 2. The first-order valence-corrected chi connectivity index (χ1v) is 15.2. The summed E-state index contributed by atoms with van der Waals surface area (Å²) in [7, 11) is -1.11. The van der Waals surface area contributed by atoms with Gasteiger partial charge in [-0.2, -0.15) is 5.10 Å². The average molecular weight is 534 g/mol. The Morgan fingerprint density at radius 2 is 1.85 bits per heavy atom. The summed E-state index contributed by atoms with van der Waals surface area (Å²) in [5, 5.41) is 7.47. The van der Waals surface area contributed by atoms with E-state index in [0.717, 1.165) is 35.2 Å². The maximum atomic E-state index is 12.3. The summed E-state index contributed by atoms with van der Waals surface area (Å²) in [5.41, 5.74) is 10.9. The second kappa shape index (κ2) is 12.9. The number of alkyl halides is 2. The number of aromatic nitrogens is 2. The molecule has 1 heterocycles. The lowest BCUT2D eigenvalue weighted by Crippen LogP contribution is -2.30. The van der Waals surface area contributed by atoms with Gasteiger partial charge in [-0.3, -0.25) is 4.79 Å². The van der Waals surface area contributed by atoms with Crippen LogP contribution in [0.4, 0.5) is 5.69 Å². The molecule has 0 radical (unpaired) electrons. The minimum absolute atomic E-state index is 0. The van der Waals surface area contributed by atoms with Gasteiger partial charge in [-0.15, -0.1) is 35.6 Å². The van der Waals surface area contributed by atoms with Crippen molar-refractivity contribution in [3.05, 3.63) is 47.8 Å². The number of hydrogen-bond donors (Lipinski definition) is 2. The maximum absolute atomic E-state index is 12.3. The van der Waals surface area contributed by atoms with E-state index >= 15 is 0 Å². The van der Waals surface area contributed by atoms with E-state index in [-0.39, 0.29) is 24.7 Å². The lowest BCUT2D eigenvalue weighted by Gasteiger charge is -2.15. The Balaban J connectivity index is 0.00000544. The van der Waals surface area contributed by atoms with Gasteiger partial charge in [0.05, 0.1) is 5.69 Å². The third-order valence-electron chi connectivity index (χ3n) is 5.15. The van der Waals surface area contributed by atoms with E-state index in [2.05, 4.69) is 36.6 Å². The number of amides is 1. The van der Waals surface area contributed by atoms with Gasteiger partial charge in [0.15, 0.2) is 0 Å². The zero-order chi connectivity index (χ0) is 24.1. The number of carbonyl (C=O) groups excluding carboxylic acids is 1. The van der Waals surface area contributed by atoms with Gasteiger partial charge in [0.2, 0.25) is 0 Å². The molecule has 2 rings (SSSR count). The minimum Gasteiger partial charge on any atom is -0.360 e. The van der Waals surface area contributed by atoms with Crippen LogP contribution in [0, 0.1) is 13.8 Å². The normalized spacial score (nSPS) is 12.4. The molecule has 0 aliphatic heterocycles. The van der Waals surface area contributed by atoms with Crippen LogP contribution in [0.1, 0.15) is 17.8 Å². The van der Waals surface area contributed by atoms with Gasteiger partial charge >= 0.3 is 0 Å². The van der Waals surface area contributed by atoms with Crippen LogP contribution in [-0.4, -0.2) is 41.2 Å². The number of halogens is 3. The van der Waals surface area contributed by atoms with Gasteiger partial charge in [0, 0.05) is 43.2 Å². The predicted octanol–water partition coefficient (Wildman–Crippen LogP) is 5.92. The molecule has 0 saturated heterocycles. The van der Waals surface area contributed by atoms with Crippen LogP contribution in [0.15, 0.2) is 36.4 Å². The Bertz CT molecular complexity index is 940. The first kappa shape index (κ1) is 29.7. The topological polar surface area (TPSA) is 82.2 Å². The molecule has 33 heavy (non-hydrogen) atoms. The van der Waals surface area contributed by atoms with Gasteiger partial charge in [0.25, 0.3) is 5.91 Å². The Morgan fingerprint density at radius 1 is 1.24 bits per heavy atom. The average Bonchev–Trinajstić information content (AvgIpc) is 2.98. The van der Waals surface area contributed by atoms with Gasteiger partial charge < -0.3 is 15.8 Å². The summed E-state index contributed by atoms with van der Waals surface area (Å²) in [6.07, 6.45) is 0.221. The highest BCUT2D eigenvalue weighted by Crippen LogP contribution is 2.28. The van der Waals surface area contributed by atoms with Gasteiger partial charge in [-0.05, 0) is 44.0 Å². The van der Waals surface area contributed by atoms with Crippen molar-refractivity contribution in [3.8, 4) is 11.1 Å². The Kier molecular flexibility index (Phi) is 11.6. The lowest BCUT2D eigenvalue weighted by molar-refractivity contribution is -0.113. The lowest BCUT2D eigenvalue weighted by atomic mass is 10.0. The fourth-order valence-corrected chi connectivity index (χ4v) is 4.11. The Labute approximate surface area is 214 Å². The zero-order valence-electron chi connectivity index (χ0n) is 20.0. The quantitative estimate of drug-likeness (QED) is 0.163. The fraction of sp³-hybridized carbons (Fsp3) is 0.478. The smallest absolute Gasteiger partial charge is 0.251 e. The molecule has 0 aliphatic rings. The Hall–Kier alpha value is -1.35. The molecule has 2 aromatic rings. The predicted molar refractivity (Wildman–Crippen MR) is 144 cm³/mol. The fourth-order valence-electron chi connectivity index (χ4n) is 3.18. The van der Waals surface area contributed by atoms with E-state index in [0.29, 0.717) is 18.0 Å². The van der Waals surface area contributed by atoms with Crippen molar-refractivity contribution < 1.29 is 9.53 Å². The summed E-state index contributed by atoms with van der Waals surface area (Å²) in [4.78, 5) is 11.6. The summed E-state index contributed by atoms with van der Waals surface area (Å²) in [6, 6.07) is 8.22. The molecule has 1 amide bonds. The summed E-state index contributed by atoms with van der Waals surface area (Å²) in [5.74, 6) is -0.308. The molecule has 0 bridgehead atoms. The van der Waals surface area contributed by atoms with Crippen molar-refractivity contribution in [2.45, 2.75) is 63.6 Å². The second-order valence-electron chi connectivity index (χ2n) is 9.23. The highest BCUT2D eigenvalue weighted by molar-refractivity contribution is 6.76. The highest BCUT2D eigenvalue weighted by atomic mass is 35.5. The van der Waals surface area contributed by atoms with Crippen molar-refractivity contribution in [1.82, 2.24) is 9.78 Å². The largest absolute Gasteiger partial charge is 0.360 e. The number of rotatable bonds is 11. The Morgan fingerprint density at radius 3 is 2.39 bits per heavy atom. The standard InChI is InChI=1S/C23H34Cl2N4O2Si.ClH/c1-15(13-20(26)22(24)25)23(30)27-19-9-7-18(8-10-19)21-16(2)28-29(17(21)3)14-31-11-12-32(4,5)6;/h7-10,20,22H,1,11-14,26H2,2-6H3,(H,27,30);1H/t20-;/m0./s1. The van der Waals surface area contributed by atoms with Crippen molar-refractivity contribution in [2.24, 2.45) is 5.73 Å². The number of benzene rings is 1. The SMILES string of the molecule is C=C(C[C@H](N)C(Cl)Cl)C(=O)Nc1ccc(-c2c(C)nn(COCC[Si](C)(C)C)c2C)cc1.Cl. The molecule has 3 N–H and O–H groups in total. The molecule has 0 aliphatic carbocycles. The molecule has 0 saturated carbocycles. The molecule has 0 spiro atoms. The highest BCUT2D eigenvalue weighted by Gasteiger charge is 2.18. The third-order valence-corrected chi connectivity index (χ3v) is 7.50. The van der Waals surface area contributed by atoms with E-state index < -0.39 is 19.0 Å². The van der Waals surface area contributed by atoms with Crippen LogP contribution in [-0.2, 0) is 16.3 Å². The summed E-state index contributed by atoms with van der Waals surface area (Å²) >= 11 is 11.5. The summed E-state index contributed by atoms with van der Waals surface area (Å²) < 4.78 is 7.76. The maximum Gasteiger partial charge on any atom is 0.251 e. The number of hydrogen-bond acceptors (Lipinski definition) is 4. The van der Waals surface area contributed by atoms with Crippen molar-refractivity contribution in [3.63, 3.8) is 0 Å². The van der Waals surface area contributed by atoms with Gasteiger partial charge in [0.1, 0.15) is 11.6 Å². The van der Waals surface area contributed by atoms with E-state index in [9.17, 15) is 4.79 Å².